The maximum absolute atomic E-state index is 12.1. The number of ether oxygens (including phenoxy) is 1. The monoisotopic (exact) mass is 357 g/mol. The standard InChI is InChI=1S/C18H15NO2Se/c1-2-21-18(20)17(22-16-6-4-3-5-7-16)12-14-8-10-15(13-19)11-9-14/h3-12H,2H2,1H3. The van der Waals surface area contributed by atoms with Crippen LogP contribution in [0.5, 0.6) is 0 Å². The van der Waals surface area contributed by atoms with Crippen LogP contribution in [0.2, 0.25) is 0 Å². The number of rotatable bonds is 5. The Morgan fingerprint density at radius 1 is 1.18 bits per heavy atom. The molecule has 2 aromatic rings. The van der Waals surface area contributed by atoms with Crippen molar-refractivity contribution < 1.29 is 9.53 Å². The van der Waals surface area contributed by atoms with Gasteiger partial charge in [0.2, 0.25) is 0 Å². The molecule has 0 fully saturated rings. The zero-order chi connectivity index (χ0) is 15.8. The van der Waals surface area contributed by atoms with Gasteiger partial charge in [-0.3, -0.25) is 0 Å². The number of hydrogen-bond acceptors (Lipinski definition) is 3. The third kappa shape index (κ3) is 4.59. The number of carbonyl (C=O) groups excluding carboxylic acids is 1. The van der Waals surface area contributed by atoms with E-state index in [1.54, 1.807) is 19.1 Å². The average Bonchev–Trinajstić information content (AvgIpc) is 2.56. The summed E-state index contributed by atoms with van der Waals surface area (Å²) in [4.78, 5) is 12.1. The van der Waals surface area contributed by atoms with Crippen LogP contribution >= 0.6 is 0 Å². The van der Waals surface area contributed by atoms with Crippen LogP contribution in [0, 0.1) is 11.3 Å². The Labute approximate surface area is 136 Å². The number of nitrogens with zero attached hydrogens (tertiary/aromatic N) is 1. The van der Waals surface area contributed by atoms with Crippen LogP contribution in [0.1, 0.15) is 18.1 Å². The van der Waals surface area contributed by atoms with E-state index in [9.17, 15) is 4.79 Å². The predicted molar refractivity (Wildman–Crippen MR) is 87.6 cm³/mol. The van der Waals surface area contributed by atoms with Crippen molar-refractivity contribution in [3.05, 3.63) is 70.2 Å². The molecule has 0 bridgehead atoms. The fourth-order valence-corrected chi connectivity index (χ4v) is 3.61. The molecule has 22 heavy (non-hydrogen) atoms. The molecule has 2 aromatic carbocycles. The van der Waals surface area contributed by atoms with Gasteiger partial charge in [-0.2, -0.15) is 0 Å². The molecule has 0 radical (unpaired) electrons. The number of benzene rings is 2. The Hall–Kier alpha value is -2.34. The normalized spacial score (nSPS) is 10.8. The first-order valence-electron chi connectivity index (χ1n) is 6.85. The summed E-state index contributed by atoms with van der Waals surface area (Å²) in [6.07, 6.45) is 1.84. The van der Waals surface area contributed by atoms with Crippen molar-refractivity contribution in [2.45, 2.75) is 6.92 Å². The summed E-state index contributed by atoms with van der Waals surface area (Å²) in [6.45, 7) is 2.15. The Morgan fingerprint density at radius 2 is 1.86 bits per heavy atom. The van der Waals surface area contributed by atoms with Crippen molar-refractivity contribution >= 4 is 31.5 Å². The maximum atomic E-state index is 12.1. The number of nitriles is 1. The molecule has 0 unspecified atom stereocenters. The van der Waals surface area contributed by atoms with Gasteiger partial charge in [-0.05, 0) is 0 Å². The fourth-order valence-electron chi connectivity index (χ4n) is 1.75. The molecule has 0 aromatic heterocycles. The van der Waals surface area contributed by atoms with Gasteiger partial charge in [0.15, 0.2) is 0 Å². The molecule has 0 spiro atoms. The van der Waals surface area contributed by atoms with E-state index in [4.69, 9.17) is 10.00 Å². The second kappa shape index (κ2) is 8.19. The van der Waals surface area contributed by atoms with Gasteiger partial charge in [0.1, 0.15) is 0 Å². The first kappa shape index (κ1) is 16.0. The first-order chi connectivity index (χ1) is 10.7. The third-order valence-electron chi connectivity index (χ3n) is 2.79. The van der Waals surface area contributed by atoms with E-state index in [0.29, 0.717) is 16.6 Å². The number of esters is 1. The summed E-state index contributed by atoms with van der Waals surface area (Å²) in [5.74, 6) is -0.282. The van der Waals surface area contributed by atoms with E-state index in [1.807, 2.05) is 48.5 Å². The van der Waals surface area contributed by atoms with E-state index in [0.717, 1.165) is 10.0 Å². The van der Waals surface area contributed by atoms with E-state index in [-0.39, 0.29) is 20.9 Å². The molecule has 2 rings (SSSR count). The minimum atomic E-state index is -0.282. The molecule has 4 heteroatoms. The van der Waals surface area contributed by atoms with Gasteiger partial charge in [-0.25, -0.2) is 0 Å². The minimum absolute atomic E-state index is 0.124. The van der Waals surface area contributed by atoms with Crippen molar-refractivity contribution in [1.82, 2.24) is 0 Å². The molecular formula is C18H15NO2Se. The van der Waals surface area contributed by atoms with Gasteiger partial charge in [0.05, 0.1) is 0 Å². The topological polar surface area (TPSA) is 50.1 Å². The summed E-state index contributed by atoms with van der Waals surface area (Å²) >= 11 is -0.124. The third-order valence-corrected chi connectivity index (χ3v) is 4.91. The van der Waals surface area contributed by atoms with Crippen molar-refractivity contribution in [2.24, 2.45) is 0 Å². The molecule has 0 aliphatic heterocycles. The Kier molecular flexibility index (Phi) is 5.97. The second-order valence-electron chi connectivity index (χ2n) is 4.38. The molecular weight excluding hydrogens is 341 g/mol. The molecule has 0 saturated carbocycles. The predicted octanol–water partition coefficient (Wildman–Crippen LogP) is 2.49. The summed E-state index contributed by atoms with van der Waals surface area (Å²) in [7, 11) is 0. The molecule has 0 aliphatic rings. The Bertz CT molecular complexity index is 700. The van der Waals surface area contributed by atoms with E-state index >= 15 is 0 Å². The van der Waals surface area contributed by atoms with Crippen LogP contribution in [-0.2, 0) is 9.53 Å². The van der Waals surface area contributed by atoms with Crippen molar-refractivity contribution in [2.75, 3.05) is 6.61 Å². The van der Waals surface area contributed by atoms with Gasteiger partial charge >= 0.3 is 136 Å². The SMILES string of the molecule is CCOC(=O)C(=Cc1ccc(C#N)cc1)[Se]c1ccccc1. The molecule has 0 saturated heterocycles. The van der Waals surface area contributed by atoms with Crippen molar-refractivity contribution in [3.8, 4) is 6.07 Å². The van der Waals surface area contributed by atoms with Crippen molar-refractivity contribution in [3.63, 3.8) is 0 Å². The van der Waals surface area contributed by atoms with Gasteiger partial charge in [0.25, 0.3) is 0 Å². The van der Waals surface area contributed by atoms with E-state index in [2.05, 4.69) is 6.07 Å². The first-order valence-corrected chi connectivity index (χ1v) is 8.56. The second-order valence-corrected chi connectivity index (χ2v) is 6.72. The summed E-state index contributed by atoms with van der Waals surface area (Å²) in [5, 5.41) is 8.83. The van der Waals surface area contributed by atoms with Gasteiger partial charge in [0, 0.05) is 0 Å². The van der Waals surface area contributed by atoms with Crippen LogP contribution in [0.4, 0.5) is 0 Å². The van der Waals surface area contributed by atoms with Crippen LogP contribution in [-0.4, -0.2) is 27.5 Å². The van der Waals surface area contributed by atoms with Gasteiger partial charge in [-0.1, -0.05) is 0 Å². The summed E-state index contributed by atoms with van der Waals surface area (Å²) in [5.41, 5.74) is 1.49. The molecule has 3 nitrogen and oxygen atoms in total. The summed E-state index contributed by atoms with van der Waals surface area (Å²) < 4.78 is 6.92. The van der Waals surface area contributed by atoms with Gasteiger partial charge < -0.3 is 0 Å². The quantitative estimate of drug-likeness (QED) is 0.470. The van der Waals surface area contributed by atoms with Crippen LogP contribution < -0.4 is 4.46 Å². The molecule has 0 atom stereocenters. The van der Waals surface area contributed by atoms with Gasteiger partial charge in [-0.15, -0.1) is 0 Å². The Morgan fingerprint density at radius 3 is 2.45 bits per heavy atom. The number of hydrogen-bond donors (Lipinski definition) is 0. The molecule has 0 amide bonds. The average molecular weight is 356 g/mol. The van der Waals surface area contributed by atoms with E-state index in [1.165, 1.54) is 0 Å². The molecule has 0 N–H and O–H groups in total. The van der Waals surface area contributed by atoms with Crippen LogP contribution in [0.25, 0.3) is 6.08 Å². The zero-order valence-corrected chi connectivity index (χ0v) is 13.9. The van der Waals surface area contributed by atoms with Crippen LogP contribution in [0.3, 0.4) is 0 Å². The molecule has 110 valence electrons. The summed E-state index contributed by atoms with van der Waals surface area (Å²) in [6, 6.07) is 19.1. The fraction of sp³-hybridized carbons (Fsp3) is 0.111. The molecule has 0 aliphatic carbocycles. The number of carbonyl (C=O) groups is 1. The van der Waals surface area contributed by atoms with Crippen molar-refractivity contribution in [1.29, 1.82) is 5.26 Å². The Balaban J connectivity index is 2.28. The van der Waals surface area contributed by atoms with E-state index < -0.39 is 0 Å². The molecule has 0 heterocycles. The van der Waals surface area contributed by atoms with Crippen LogP contribution in [0.15, 0.2) is 59.1 Å². The zero-order valence-electron chi connectivity index (χ0n) is 12.2.